The molecule has 0 aliphatic carbocycles. The molecule has 0 unspecified atom stereocenters. The van der Waals surface area contributed by atoms with Crippen LogP contribution in [0.2, 0.25) is 5.02 Å². The number of aryl methyl sites for hydroxylation is 1. The first-order valence-corrected chi connectivity index (χ1v) is 7.82. The first-order chi connectivity index (χ1) is 10.2. The van der Waals surface area contributed by atoms with Gasteiger partial charge in [-0.15, -0.1) is 5.10 Å². The summed E-state index contributed by atoms with van der Waals surface area (Å²) in [7, 11) is 0. The van der Waals surface area contributed by atoms with Crippen molar-refractivity contribution in [3.05, 3.63) is 64.7 Å². The van der Waals surface area contributed by atoms with E-state index in [0.717, 1.165) is 27.2 Å². The number of hydrogen-bond acceptors (Lipinski definition) is 4. The summed E-state index contributed by atoms with van der Waals surface area (Å²) in [4.78, 5) is 0. The van der Waals surface area contributed by atoms with E-state index in [0.29, 0.717) is 0 Å². The molecule has 1 heterocycles. The van der Waals surface area contributed by atoms with Crippen LogP contribution in [0.4, 0.5) is 0 Å². The fourth-order valence-corrected chi connectivity index (χ4v) is 2.92. The van der Waals surface area contributed by atoms with Crippen LogP contribution in [0.5, 0.6) is 0 Å². The van der Waals surface area contributed by atoms with Crippen molar-refractivity contribution in [1.82, 2.24) is 20.2 Å². The van der Waals surface area contributed by atoms with Crippen LogP contribution in [0.25, 0.3) is 5.69 Å². The summed E-state index contributed by atoms with van der Waals surface area (Å²) in [6, 6.07) is 15.8. The molecule has 0 amide bonds. The normalized spacial score (nSPS) is 10.8. The fourth-order valence-electron chi connectivity index (χ4n) is 1.95. The molecule has 0 spiro atoms. The fraction of sp³-hybridized carbons (Fsp3) is 0.133. The Morgan fingerprint density at radius 3 is 2.62 bits per heavy atom. The first-order valence-electron chi connectivity index (χ1n) is 6.45. The molecule has 0 aliphatic heterocycles. The van der Waals surface area contributed by atoms with Gasteiger partial charge in [0, 0.05) is 10.8 Å². The molecule has 0 radical (unpaired) electrons. The second-order valence-corrected chi connectivity index (χ2v) is 5.95. The Morgan fingerprint density at radius 1 is 1.10 bits per heavy atom. The summed E-state index contributed by atoms with van der Waals surface area (Å²) in [5.74, 6) is 0.795. The third-order valence-corrected chi connectivity index (χ3v) is 4.31. The maximum absolute atomic E-state index is 5.89. The molecule has 106 valence electrons. The van der Waals surface area contributed by atoms with Crippen molar-refractivity contribution in [2.45, 2.75) is 17.8 Å². The molecule has 6 heteroatoms. The van der Waals surface area contributed by atoms with Crippen LogP contribution in [-0.2, 0) is 5.75 Å². The second-order valence-electron chi connectivity index (χ2n) is 4.57. The monoisotopic (exact) mass is 316 g/mol. The third kappa shape index (κ3) is 3.25. The highest BCUT2D eigenvalue weighted by Crippen LogP contribution is 2.24. The molecule has 3 aromatic rings. The van der Waals surface area contributed by atoms with Gasteiger partial charge in [-0.2, -0.15) is 4.68 Å². The zero-order valence-electron chi connectivity index (χ0n) is 11.4. The Morgan fingerprint density at radius 2 is 1.86 bits per heavy atom. The number of thioether (sulfide) groups is 1. The van der Waals surface area contributed by atoms with Gasteiger partial charge in [0.25, 0.3) is 0 Å². The Kier molecular flexibility index (Phi) is 4.22. The lowest BCUT2D eigenvalue weighted by Crippen LogP contribution is -2.01. The zero-order chi connectivity index (χ0) is 14.7. The molecule has 0 bridgehead atoms. The highest BCUT2D eigenvalue weighted by molar-refractivity contribution is 7.98. The molecule has 4 nitrogen and oxygen atoms in total. The van der Waals surface area contributed by atoms with E-state index in [1.54, 1.807) is 16.4 Å². The average Bonchev–Trinajstić information content (AvgIpc) is 2.95. The summed E-state index contributed by atoms with van der Waals surface area (Å²) in [5.41, 5.74) is 3.32. The molecule has 1 aromatic heterocycles. The second kappa shape index (κ2) is 6.28. The van der Waals surface area contributed by atoms with E-state index in [1.807, 2.05) is 55.5 Å². The molecular formula is C15H13ClN4S. The molecule has 0 N–H and O–H groups in total. The lowest BCUT2D eigenvalue weighted by Gasteiger charge is -2.07. The Balaban J connectivity index is 1.80. The number of para-hydroxylation sites is 1. The quantitative estimate of drug-likeness (QED) is 0.684. The van der Waals surface area contributed by atoms with Crippen LogP contribution in [0.1, 0.15) is 11.1 Å². The number of tetrazole rings is 1. The van der Waals surface area contributed by atoms with E-state index in [9.17, 15) is 0 Å². The molecule has 0 aliphatic rings. The number of nitrogens with zero attached hydrogens (tertiary/aromatic N) is 4. The predicted octanol–water partition coefficient (Wildman–Crippen LogP) is 3.92. The predicted molar refractivity (Wildman–Crippen MR) is 84.9 cm³/mol. The minimum atomic E-state index is 0.744. The van der Waals surface area contributed by atoms with Gasteiger partial charge in [-0.25, -0.2) is 0 Å². The largest absolute Gasteiger partial charge is 0.214 e. The van der Waals surface area contributed by atoms with Crippen molar-refractivity contribution in [2.75, 3.05) is 0 Å². The van der Waals surface area contributed by atoms with Gasteiger partial charge >= 0.3 is 0 Å². The molecule has 2 aromatic carbocycles. The summed E-state index contributed by atoms with van der Waals surface area (Å²) < 4.78 is 1.77. The van der Waals surface area contributed by atoms with Crippen LogP contribution in [0.3, 0.4) is 0 Å². The van der Waals surface area contributed by atoms with Gasteiger partial charge < -0.3 is 0 Å². The van der Waals surface area contributed by atoms with Crippen molar-refractivity contribution >= 4 is 23.4 Å². The highest BCUT2D eigenvalue weighted by atomic mass is 35.5. The van der Waals surface area contributed by atoms with Crippen molar-refractivity contribution < 1.29 is 0 Å². The van der Waals surface area contributed by atoms with Gasteiger partial charge in [-0.1, -0.05) is 53.7 Å². The molecule has 0 saturated heterocycles. The molecule has 21 heavy (non-hydrogen) atoms. The maximum atomic E-state index is 5.89. The third-order valence-electron chi connectivity index (χ3n) is 3.07. The van der Waals surface area contributed by atoms with E-state index < -0.39 is 0 Å². The van der Waals surface area contributed by atoms with E-state index in [1.165, 1.54) is 5.56 Å². The number of aromatic nitrogens is 4. The van der Waals surface area contributed by atoms with Gasteiger partial charge in [-0.3, -0.25) is 0 Å². The number of rotatable bonds is 4. The number of halogens is 1. The number of benzene rings is 2. The lowest BCUT2D eigenvalue weighted by molar-refractivity contribution is 0.752. The molecule has 0 atom stereocenters. The average molecular weight is 317 g/mol. The van der Waals surface area contributed by atoms with Crippen molar-refractivity contribution in [1.29, 1.82) is 0 Å². The van der Waals surface area contributed by atoms with Crippen LogP contribution in [-0.4, -0.2) is 20.2 Å². The molecule has 0 fully saturated rings. The Bertz CT molecular complexity index is 739. The van der Waals surface area contributed by atoms with Crippen LogP contribution >= 0.6 is 23.4 Å². The highest BCUT2D eigenvalue weighted by Gasteiger charge is 2.10. The van der Waals surface area contributed by atoms with Gasteiger partial charge in [0.15, 0.2) is 0 Å². The summed E-state index contributed by atoms with van der Waals surface area (Å²) >= 11 is 7.49. The molecular weight excluding hydrogens is 304 g/mol. The zero-order valence-corrected chi connectivity index (χ0v) is 13.0. The van der Waals surface area contributed by atoms with Gasteiger partial charge in [0.05, 0.1) is 5.69 Å². The number of hydrogen-bond donors (Lipinski definition) is 0. The van der Waals surface area contributed by atoms with Gasteiger partial charge in [0.1, 0.15) is 0 Å². The first kappa shape index (κ1) is 14.1. The Hall–Kier alpha value is -1.85. The van der Waals surface area contributed by atoms with Crippen LogP contribution in [0.15, 0.2) is 53.7 Å². The standard InChI is InChI=1S/C15H13ClN4S/c1-11-4-2-3-5-14(11)20-15(17-18-19-20)21-10-12-6-8-13(16)9-7-12/h2-9H,10H2,1H3. The van der Waals surface area contributed by atoms with E-state index in [2.05, 4.69) is 15.5 Å². The minimum Gasteiger partial charge on any atom is -0.187 e. The van der Waals surface area contributed by atoms with E-state index >= 15 is 0 Å². The van der Waals surface area contributed by atoms with Crippen LogP contribution in [0, 0.1) is 6.92 Å². The van der Waals surface area contributed by atoms with E-state index in [4.69, 9.17) is 11.6 Å². The molecule has 0 saturated carbocycles. The Labute approximate surface area is 132 Å². The summed E-state index contributed by atoms with van der Waals surface area (Å²) in [6.07, 6.45) is 0. The van der Waals surface area contributed by atoms with Gasteiger partial charge in [-0.05, 0) is 46.7 Å². The van der Waals surface area contributed by atoms with Crippen LogP contribution < -0.4 is 0 Å². The maximum Gasteiger partial charge on any atom is 0.214 e. The molecule has 3 rings (SSSR count). The van der Waals surface area contributed by atoms with Crippen molar-refractivity contribution in [3.63, 3.8) is 0 Å². The van der Waals surface area contributed by atoms with Crippen molar-refractivity contribution in [2.24, 2.45) is 0 Å². The van der Waals surface area contributed by atoms with Crippen molar-refractivity contribution in [3.8, 4) is 5.69 Å². The van der Waals surface area contributed by atoms with Gasteiger partial charge in [0.2, 0.25) is 5.16 Å². The SMILES string of the molecule is Cc1ccccc1-n1nnnc1SCc1ccc(Cl)cc1. The lowest BCUT2D eigenvalue weighted by atomic mass is 10.2. The van der Waals surface area contributed by atoms with E-state index in [-0.39, 0.29) is 0 Å². The minimum absolute atomic E-state index is 0.744. The smallest absolute Gasteiger partial charge is 0.187 e. The topological polar surface area (TPSA) is 43.6 Å². The summed E-state index contributed by atoms with van der Waals surface area (Å²) in [6.45, 7) is 2.05. The summed E-state index contributed by atoms with van der Waals surface area (Å²) in [5, 5.41) is 13.5.